The number of hydrogen-bond donors (Lipinski definition) is 0. The van der Waals surface area contributed by atoms with E-state index >= 15 is 4.39 Å². The number of benzene rings is 2. The number of rotatable bonds is 7. The van der Waals surface area contributed by atoms with Gasteiger partial charge in [0.15, 0.2) is 21.4 Å². The van der Waals surface area contributed by atoms with Crippen molar-refractivity contribution < 1.29 is 35.1 Å². The van der Waals surface area contributed by atoms with Gasteiger partial charge < -0.3 is 9.47 Å². The average molecular weight is 550 g/mol. The van der Waals surface area contributed by atoms with Crippen molar-refractivity contribution in [3.05, 3.63) is 58.6 Å². The lowest BCUT2D eigenvalue weighted by Gasteiger charge is -2.54. The molecule has 1 saturated carbocycles. The molecule has 1 heterocycles. The molecule has 0 spiro atoms. The Morgan fingerprint density at radius 2 is 1.63 bits per heavy atom. The quantitative estimate of drug-likeness (QED) is 0.520. The molecular weight excluding hydrogens is 524 g/mol. The molecule has 0 bridgehead atoms. The first-order valence-electron chi connectivity index (χ1n) is 11.0. The normalized spacial score (nSPS) is 24.5. The van der Waals surface area contributed by atoms with Gasteiger partial charge in [-0.05, 0) is 49.2 Å². The van der Waals surface area contributed by atoms with E-state index in [1.54, 1.807) is 0 Å². The largest absolute Gasteiger partial charge is 0.487 e. The Bertz CT molecular complexity index is 1330. The second-order valence-corrected chi connectivity index (χ2v) is 13.9. The molecule has 4 rings (SSSR count). The first kappa shape index (κ1) is 26.3. The minimum absolute atomic E-state index is 0.0604. The minimum Gasteiger partial charge on any atom is -0.487 e. The third kappa shape index (κ3) is 4.15. The van der Waals surface area contributed by atoms with Gasteiger partial charge in [0.2, 0.25) is 10.0 Å². The summed E-state index contributed by atoms with van der Waals surface area (Å²) < 4.78 is 94.4. The lowest BCUT2D eigenvalue weighted by Crippen LogP contribution is -2.65. The van der Waals surface area contributed by atoms with Crippen LogP contribution in [0.25, 0.3) is 0 Å². The van der Waals surface area contributed by atoms with Crippen molar-refractivity contribution >= 4 is 31.5 Å². The maximum Gasteiger partial charge on any atom is 0.215 e. The fourth-order valence-electron chi connectivity index (χ4n) is 5.08. The Morgan fingerprint density at radius 3 is 2.29 bits per heavy atom. The number of sulfone groups is 1. The second kappa shape index (κ2) is 9.26. The summed E-state index contributed by atoms with van der Waals surface area (Å²) in [5.41, 5.74) is -2.07. The Morgan fingerprint density at radius 1 is 1.00 bits per heavy atom. The zero-order chi connectivity index (χ0) is 25.6. The summed E-state index contributed by atoms with van der Waals surface area (Å²) in [7, 11) is -5.33. The number of hydrogen-bond acceptors (Lipinski definition) is 6. The van der Waals surface area contributed by atoms with Gasteiger partial charge >= 0.3 is 0 Å². The maximum atomic E-state index is 15.5. The lowest BCUT2D eigenvalue weighted by molar-refractivity contribution is -0.129. The van der Waals surface area contributed by atoms with Gasteiger partial charge in [-0.25, -0.2) is 29.9 Å². The van der Waals surface area contributed by atoms with E-state index in [0.717, 1.165) is 16.4 Å². The number of fused-ring (bicyclic) bond motifs is 3. The van der Waals surface area contributed by atoms with Gasteiger partial charge in [0.25, 0.3) is 0 Å². The van der Waals surface area contributed by atoms with E-state index in [4.69, 9.17) is 21.1 Å². The van der Waals surface area contributed by atoms with Crippen LogP contribution in [0.4, 0.5) is 8.78 Å². The van der Waals surface area contributed by atoms with Gasteiger partial charge in [0.1, 0.15) is 22.8 Å². The van der Waals surface area contributed by atoms with Crippen molar-refractivity contribution in [1.82, 2.24) is 4.31 Å². The third-order valence-electron chi connectivity index (χ3n) is 6.87. The van der Waals surface area contributed by atoms with E-state index in [2.05, 4.69) is 0 Å². The van der Waals surface area contributed by atoms with Crippen molar-refractivity contribution in [3.63, 3.8) is 0 Å². The molecule has 12 heteroatoms. The van der Waals surface area contributed by atoms with Crippen molar-refractivity contribution in [1.29, 1.82) is 0 Å². The van der Waals surface area contributed by atoms with Crippen LogP contribution in [0.1, 0.15) is 31.2 Å². The molecule has 0 saturated heterocycles. The summed E-state index contributed by atoms with van der Waals surface area (Å²) in [6.45, 7) is -0.733. The molecule has 0 amide bonds. The Kier molecular flexibility index (Phi) is 6.95. The monoisotopic (exact) mass is 549 g/mol. The molecule has 2 aromatic carbocycles. The number of ether oxygens (including phenoxy) is 2. The van der Waals surface area contributed by atoms with E-state index < -0.39 is 58.9 Å². The SMILES string of the molecule is CN(C)S(=O)(=O)CCO[C@]12CCCC[C@@]1(S(=O)(=O)c1ccc(Cl)cc1)c1c(F)ccc(F)c1OC2. The summed E-state index contributed by atoms with van der Waals surface area (Å²) >= 11 is 5.96. The van der Waals surface area contributed by atoms with Crippen LogP contribution in [0.3, 0.4) is 0 Å². The molecule has 192 valence electrons. The molecule has 2 aliphatic rings. The fourth-order valence-corrected chi connectivity index (χ4v) is 8.34. The molecule has 1 aliphatic heterocycles. The maximum absolute atomic E-state index is 15.5. The molecule has 0 aromatic heterocycles. The zero-order valence-electron chi connectivity index (χ0n) is 19.3. The highest BCUT2D eigenvalue weighted by atomic mass is 35.5. The van der Waals surface area contributed by atoms with Crippen LogP contribution in [0.5, 0.6) is 5.75 Å². The number of sulfonamides is 1. The summed E-state index contributed by atoms with van der Waals surface area (Å²) in [6.07, 6.45) is 1.03. The van der Waals surface area contributed by atoms with Gasteiger partial charge in [-0.1, -0.05) is 24.4 Å². The molecule has 0 radical (unpaired) electrons. The highest BCUT2D eigenvalue weighted by Gasteiger charge is 2.67. The van der Waals surface area contributed by atoms with Crippen LogP contribution in [0.15, 0.2) is 41.3 Å². The highest BCUT2D eigenvalue weighted by Crippen LogP contribution is 2.59. The first-order chi connectivity index (χ1) is 16.4. The Hall–Kier alpha value is -1.79. The fraction of sp³-hybridized carbons (Fsp3) is 0.478. The zero-order valence-corrected chi connectivity index (χ0v) is 21.6. The standard InChI is InChI=1S/C23H26ClF2NO6S2/c1-27(2)34(28,29)14-13-33-22-11-3-4-12-23(22,35(30,31)17-7-5-16(24)6-8-17)20-18(25)9-10-19(26)21(20)32-15-22/h5-10H,3-4,11-15H2,1-2H3/t22-,23+/m0/s1. The molecule has 2 atom stereocenters. The molecule has 7 nitrogen and oxygen atoms in total. The van der Waals surface area contributed by atoms with Crippen LogP contribution >= 0.6 is 11.6 Å². The van der Waals surface area contributed by atoms with E-state index in [-0.39, 0.29) is 31.0 Å². The van der Waals surface area contributed by atoms with Gasteiger partial charge in [-0.15, -0.1) is 0 Å². The number of nitrogens with zero attached hydrogens (tertiary/aromatic N) is 1. The molecule has 1 aliphatic carbocycles. The van der Waals surface area contributed by atoms with Crippen LogP contribution in [0.2, 0.25) is 5.02 Å². The topological polar surface area (TPSA) is 90.0 Å². The van der Waals surface area contributed by atoms with E-state index in [9.17, 15) is 21.2 Å². The van der Waals surface area contributed by atoms with Crippen molar-refractivity contribution in [2.24, 2.45) is 0 Å². The molecule has 1 fully saturated rings. The van der Waals surface area contributed by atoms with Crippen LogP contribution in [0, 0.1) is 11.6 Å². The smallest absolute Gasteiger partial charge is 0.215 e. The van der Waals surface area contributed by atoms with E-state index in [0.29, 0.717) is 17.9 Å². The third-order valence-corrected chi connectivity index (χ3v) is 11.5. The second-order valence-electron chi connectivity index (χ2n) is 8.95. The molecule has 0 unspecified atom stereocenters. The lowest BCUT2D eigenvalue weighted by atomic mass is 9.69. The summed E-state index contributed by atoms with van der Waals surface area (Å²) in [4.78, 5) is -0.130. The summed E-state index contributed by atoms with van der Waals surface area (Å²) in [6, 6.07) is 7.20. The predicted octanol–water partition coefficient (Wildman–Crippen LogP) is 3.90. The van der Waals surface area contributed by atoms with E-state index in [1.165, 1.54) is 38.4 Å². The average Bonchev–Trinajstić information content (AvgIpc) is 2.80. The number of halogens is 3. The summed E-state index contributed by atoms with van der Waals surface area (Å²) in [5, 5.41) is 0.311. The van der Waals surface area contributed by atoms with Crippen LogP contribution < -0.4 is 4.74 Å². The highest BCUT2D eigenvalue weighted by molar-refractivity contribution is 7.92. The van der Waals surface area contributed by atoms with Crippen LogP contribution in [-0.4, -0.2) is 59.8 Å². The summed E-state index contributed by atoms with van der Waals surface area (Å²) in [5.74, 6) is -2.71. The van der Waals surface area contributed by atoms with Gasteiger partial charge in [0, 0.05) is 19.1 Å². The molecule has 2 aromatic rings. The van der Waals surface area contributed by atoms with Gasteiger partial charge in [-0.2, -0.15) is 0 Å². The van der Waals surface area contributed by atoms with Gasteiger partial charge in [-0.3, -0.25) is 0 Å². The molecule has 35 heavy (non-hydrogen) atoms. The minimum atomic E-state index is -4.42. The van der Waals surface area contributed by atoms with Crippen LogP contribution in [-0.2, 0) is 29.3 Å². The van der Waals surface area contributed by atoms with E-state index in [1.807, 2.05) is 0 Å². The Balaban J connectivity index is 1.94. The predicted molar refractivity (Wildman–Crippen MR) is 127 cm³/mol. The van der Waals surface area contributed by atoms with Crippen molar-refractivity contribution in [3.8, 4) is 5.75 Å². The van der Waals surface area contributed by atoms with Crippen molar-refractivity contribution in [2.45, 2.75) is 40.9 Å². The Labute approximate surface area is 208 Å². The van der Waals surface area contributed by atoms with Gasteiger partial charge in [0.05, 0.1) is 22.8 Å². The molecular formula is C23H26ClF2NO6S2. The van der Waals surface area contributed by atoms with Crippen molar-refractivity contribution in [2.75, 3.05) is 33.1 Å². The molecule has 0 N–H and O–H groups in total. The first-order valence-corrected chi connectivity index (χ1v) is 14.5.